The Labute approximate surface area is 131 Å². The highest BCUT2D eigenvalue weighted by Crippen LogP contribution is 2.34. The van der Waals surface area contributed by atoms with Gasteiger partial charge in [-0.1, -0.05) is 0 Å². The lowest BCUT2D eigenvalue weighted by Crippen LogP contribution is -2.46. The quantitative estimate of drug-likeness (QED) is 0.933. The van der Waals surface area contributed by atoms with E-state index in [2.05, 4.69) is 31.1 Å². The van der Waals surface area contributed by atoms with Crippen molar-refractivity contribution in [2.75, 3.05) is 5.32 Å². The normalized spacial score (nSPS) is 23.4. The van der Waals surface area contributed by atoms with Crippen LogP contribution in [0.25, 0.3) is 0 Å². The topological polar surface area (TPSA) is 62.3 Å². The lowest BCUT2D eigenvalue weighted by Gasteiger charge is -2.34. The number of carbonyl (C=O) groups is 2. The summed E-state index contributed by atoms with van der Waals surface area (Å²) in [5.41, 5.74) is 0.458. The molecule has 5 heteroatoms. The lowest BCUT2D eigenvalue weighted by atomic mass is 10.0. The van der Waals surface area contributed by atoms with E-state index in [1.807, 2.05) is 4.90 Å². The van der Waals surface area contributed by atoms with Crippen LogP contribution in [0.2, 0.25) is 0 Å². The van der Waals surface area contributed by atoms with Gasteiger partial charge in [0.1, 0.15) is 5.82 Å². The summed E-state index contributed by atoms with van der Waals surface area (Å²) in [6.45, 7) is 6.29. The van der Waals surface area contributed by atoms with E-state index >= 15 is 0 Å². The first-order chi connectivity index (χ1) is 10.4. The van der Waals surface area contributed by atoms with Gasteiger partial charge in [0, 0.05) is 29.3 Å². The van der Waals surface area contributed by atoms with Crippen LogP contribution < -0.4 is 5.32 Å². The number of carbonyl (C=O) groups excluding carboxylic acids is 2. The van der Waals surface area contributed by atoms with Gasteiger partial charge in [-0.2, -0.15) is 0 Å². The van der Waals surface area contributed by atoms with Gasteiger partial charge in [0.2, 0.25) is 5.91 Å². The lowest BCUT2D eigenvalue weighted by molar-refractivity contribution is -0.117. The summed E-state index contributed by atoms with van der Waals surface area (Å²) in [6, 6.07) is 3.64. The Balaban J connectivity index is 1.79. The number of likely N-dealkylation sites (tertiary alicyclic amines) is 1. The number of nitrogens with one attached hydrogen (secondary N) is 1. The number of aromatic nitrogens is 1. The van der Waals surface area contributed by atoms with E-state index in [0.717, 1.165) is 25.7 Å². The van der Waals surface area contributed by atoms with Crippen LogP contribution in [0.4, 0.5) is 5.82 Å². The maximum Gasteiger partial charge on any atom is 0.254 e. The Morgan fingerprint density at radius 1 is 1.32 bits per heavy atom. The number of amides is 2. The second-order valence-corrected chi connectivity index (χ2v) is 7.07. The maximum absolute atomic E-state index is 12.8. The molecule has 2 amide bonds. The second kappa shape index (κ2) is 5.38. The fourth-order valence-electron chi connectivity index (χ4n) is 3.23. The minimum absolute atomic E-state index is 0.00645. The molecule has 1 atom stereocenters. The molecule has 2 fully saturated rings. The molecule has 1 N–H and O–H groups in total. The Hall–Kier alpha value is -1.91. The van der Waals surface area contributed by atoms with Crippen molar-refractivity contribution in [1.29, 1.82) is 0 Å². The van der Waals surface area contributed by atoms with E-state index < -0.39 is 0 Å². The minimum atomic E-state index is -0.128. The van der Waals surface area contributed by atoms with E-state index in [9.17, 15) is 9.59 Å². The van der Waals surface area contributed by atoms with Gasteiger partial charge in [0.05, 0.1) is 0 Å². The molecule has 1 unspecified atom stereocenters. The molecule has 0 spiro atoms. The molecule has 22 heavy (non-hydrogen) atoms. The highest BCUT2D eigenvalue weighted by atomic mass is 16.2. The molecule has 2 heterocycles. The summed E-state index contributed by atoms with van der Waals surface area (Å²) in [4.78, 5) is 30.8. The molecule has 5 nitrogen and oxygen atoms in total. The maximum atomic E-state index is 12.8. The van der Waals surface area contributed by atoms with Gasteiger partial charge in [-0.15, -0.1) is 0 Å². The van der Waals surface area contributed by atoms with E-state index in [1.54, 1.807) is 18.3 Å². The zero-order valence-electron chi connectivity index (χ0n) is 13.4. The molecule has 0 radical (unpaired) electrons. The van der Waals surface area contributed by atoms with Crippen LogP contribution in [0, 0.1) is 5.92 Å². The molecular formula is C17H23N3O2. The van der Waals surface area contributed by atoms with Crippen molar-refractivity contribution in [2.24, 2.45) is 5.92 Å². The number of pyridine rings is 1. The van der Waals surface area contributed by atoms with Gasteiger partial charge in [0.25, 0.3) is 5.91 Å². The van der Waals surface area contributed by atoms with Crippen LogP contribution >= 0.6 is 0 Å². The highest BCUT2D eigenvalue weighted by molar-refractivity contribution is 5.98. The Bertz CT molecular complexity index is 608. The first-order valence-corrected chi connectivity index (χ1v) is 7.99. The van der Waals surface area contributed by atoms with Crippen LogP contribution in [0.1, 0.15) is 56.8 Å². The molecule has 0 aromatic carbocycles. The standard InChI is InChI=1S/C17H23N3O2/c1-11-6-8-17(2,3)20(11)16(22)13-7-9-18-14(10-13)19-15(21)12-4-5-12/h7,9-12H,4-6,8H2,1-3H3,(H,18,19,21). The average molecular weight is 301 g/mol. The van der Waals surface area contributed by atoms with Crippen LogP contribution in [0.15, 0.2) is 18.3 Å². The van der Waals surface area contributed by atoms with Crippen molar-refractivity contribution in [1.82, 2.24) is 9.88 Å². The van der Waals surface area contributed by atoms with Crippen molar-refractivity contribution >= 4 is 17.6 Å². The zero-order valence-corrected chi connectivity index (χ0v) is 13.4. The van der Waals surface area contributed by atoms with Crippen LogP contribution in [-0.4, -0.2) is 33.3 Å². The van der Waals surface area contributed by atoms with Crippen molar-refractivity contribution < 1.29 is 9.59 Å². The largest absolute Gasteiger partial charge is 0.331 e. The number of nitrogens with zero attached hydrogens (tertiary/aromatic N) is 2. The van der Waals surface area contributed by atoms with E-state index in [-0.39, 0.29) is 29.3 Å². The summed E-state index contributed by atoms with van der Waals surface area (Å²) >= 11 is 0. The summed E-state index contributed by atoms with van der Waals surface area (Å²) in [6.07, 6.45) is 5.52. The smallest absolute Gasteiger partial charge is 0.254 e. The highest BCUT2D eigenvalue weighted by Gasteiger charge is 2.40. The number of hydrogen-bond donors (Lipinski definition) is 1. The molecule has 1 aliphatic carbocycles. The van der Waals surface area contributed by atoms with E-state index in [0.29, 0.717) is 11.4 Å². The van der Waals surface area contributed by atoms with Gasteiger partial charge < -0.3 is 10.2 Å². The molecule has 1 saturated heterocycles. The number of rotatable bonds is 3. The SMILES string of the molecule is CC1CCC(C)(C)N1C(=O)c1ccnc(NC(=O)C2CC2)c1. The van der Waals surface area contributed by atoms with E-state index in [4.69, 9.17) is 0 Å². The van der Waals surface area contributed by atoms with Gasteiger partial charge in [-0.25, -0.2) is 4.98 Å². The average Bonchev–Trinajstić information content (AvgIpc) is 3.26. The van der Waals surface area contributed by atoms with Crippen LogP contribution in [0.3, 0.4) is 0 Å². The molecule has 118 valence electrons. The Morgan fingerprint density at radius 2 is 2.05 bits per heavy atom. The molecule has 1 saturated carbocycles. The molecule has 3 rings (SSSR count). The summed E-state index contributed by atoms with van der Waals surface area (Å²) < 4.78 is 0. The van der Waals surface area contributed by atoms with Gasteiger partial charge >= 0.3 is 0 Å². The minimum Gasteiger partial charge on any atom is -0.331 e. The second-order valence-electron chi connectivity index (χ2n) is 7.07. The van der Waals surface area contributed by atoms with Gasteiger partial charge in [-0.3, -0.25) is 9.59 Å². The third kappa shape index (κ3) is 2.85. The predicted octanol–water partition coefficient (Wildman–Crippen LogP) is 2.83. The van der Waals surface area contributed by atoms with Gasteiger partial charge in [-0.05, 0) is 58.6 Å². The van der Waals surface area contributed by atoms with Crippen LogP contribution in [0.5, 0.6) is 0 Å². The molecule has 1 aliphatic heterocycles. The number of hydrogen-bond acceptors (Lipinski definition) is 3. The fraction of sp³-hybridized carbons (Fsp3) is 0.588. The van der Waals surface area contributed by atoms with E-state index in [1.165, 1.54) is 0 Å². The summed E-state index contributed by atoms with van der Waals surface area (Å²) in [5, 5.41) is 2.80. The zero-order chi connectivity index (χ0) is 15.9. The fourth-order valence-corrected chi connectivity index (χ4v) is 3.23. The molecule has 2 aliphatic rings. The first kappa shape index (κ1) is 15.0. The van der Waals surface area contributed by atoms with Crippen molar-refractivity contribution in [3.8, 4) is 0 Å². The number of anilines is 1. The van der Waals surface area contributed by atoms with Crippen molar-refractivity contribution in [3.63, 3.8) is 0 Å². The monoisotopic (exact) mass is 301 g/mol. The molecular weight excluding hydrogens is 278 g/mol. The third-order valence-electron chi connectivity index (χ3n) is 4.69. The Morgan fingerprint density at radius 3 is 2.64 bits per heavy atom. The van der Waals surface area contributed by atoms with Crippen LogP contribution in [-0.2, 0) is 4.79 Å². The van der Waals surface area contributed by atoms with Crippen molar-refractivity contribution in [3.05, 3.63) is 23.9 Å². The Kier molecular flexibility index (Phi) is 3.67. The summed E-state index contributed by atoms with van der Waals surface area (Å²) in [7, 11) is 0. The third-order valence-corrected chi connectivity index (χ3v) is 4.69. The predicted molar refractivity (Wildman–Crippen MR) is 84.5 cm³/mol. The molecule has 1 aromatic heterocycles. The summed E-state index contributed by atoms with van der Waals surface area (Å²) in [5.74, 6) is 0.609. The van der Waals surface area contributed by atoms with Gasteiger partial charge in [0.15, 0.2) is 0 Å². The molecule has 0 bridgehead atoms. The molecule has 1 aromatic rings. The van der Waals surface area contributed by atoms with Crippen molar-refractivity contribution in [2.45, 2.75) is 58.0 Å². The first-order valence-electron chi connectivity index (χ1n) is 7.99.